The predicted molar refractivity (Wildman–Crippen MR) is 74.9 cm³/mol. The van der Waals surface area contributed by atoms with Gasteiger partial charge in [0.25, 0.3) is 5.91 Å². The van der Waals surface area contributed by atoms with Crippen LogP contribution in [0.5, 0.6) is 0 Å². The molecular formula is C15H16N2O3. The summed E-state index contributed by atoms with van der Waals surface area (Å²) in [4.78, 5) is 27.7. The minimum atomic E-state index is -0.800. The molecule has 1 aliphatic heterocycles. The largest absolute Gasteiger partial charge is 0.303 e. The van der Waals surface area contributed by atoms with E-state index in [1.807, 2.05) is 44.2 Å². The van der Waals surface area contributed by atoms with Crippen molar-refractivity contribution in [2.24, 2.45) is 10.9 Å². The van der Waals surface area contributed by atoms with Crippen molar-refractivity contribution in [3.63, 3.8) is 0 Å². The Morgan fingerprint density at radius 3 is 2.45 bits per heavy atom. The van der Waals surface area contributed by atoms with Crippen LogP contribution in [0.3, 0.4) is 0 Å². The van der Waals surface area contributed by atoms with Crippen LogP contribution in [0.2, 0.25) is 0 Å². The Hall–Kier alpha value is -2.27. The van der Waals surface area contributed by atoms with E-state index >= 15 is 0 Å². The monoisotopic (exact) mass is 272 g/mol. The third-order valence-corrected chi connectivity index (χ3v) is 2.81. The molecule has 0 aliphatic carbocycles. The average Bonchev–Trinajstić information content (AvgIpc) is 2.42. The average molecular weight is 272 g/mol. The molecule has 1 aromatic rings. The van der Waals surface area contributed by atoms with E-state index in [4.69, 9.17) is 0 Å². The Morgan fingerprint density at radius 1 is 1.20 bits per heavy atom. The van der Waals surface area contributed by atoms with E-state index in [1.165, 1.54) is 0 Å². The summed E-state index contributed by atoms with van der Waals surface area (Å²) in [5.41, 5.74) is 1.05. The Labute approximate surface area is 117 Å². The fraction of sp³-hybridized carbons (Fsp3) is 0.267. The van der Waals surface area contributed by atoms with Gasteiger partial charge in [0, 0.05) is 0 Å². The molecule has 0 spiro atoms. The summed E-state index contributed by atoms with van der Waals surface area (Å²) in [6, 6.07) is 9.16. The summed E-state index contributed by atoms with van der Waals surface area (Å²) in [6.07, 6.45) is 1.97. The molecule has 0 bridgehead atoms. The number of carbonyl (C=O) groups excluding carboxylic acids is 2. The van der Waals surface area contributed by atoms with Crippen LogP contribution in [0.25, 0.3) is 6.08 Å². The van der Waals surface area contributed by atoms with Crippen LogP contribution in [0.4, 0.5) is 0 Å². The smallest absolute Gasteiger partial charge is 0.278 e. The normalized spacial score (nSPS) is 17.9. The van der Waals surface area contributed by atoms with Crippen LogP contribution in [-0.2, 0) is 9.59 Å². The van der Waals surface area contributed by atoms with Crippen LogP contribution in [0.1, 0.15) is 25.8 Å². The van der Waals surface area contributed by atoms with E-state index in [0.29, 0.717) is 6.42 Å². The van der Waals surface area contributed by atoms with Gasteiger partial charge in [0.1, 0.15) is 11.4 Å². The van der Waals surface area contributed by atoms with Crippen LogP contribution < -0.4 is 0 Å². The van der Waals surface area contributed by atoms with Gasteiger partial charge in [-0.3, -0.25) is 14.8 Å². The summed E-state index contributed by atoms with van der Waals surface area (Å²) in [7, 11) is 0. The SMILES string of the molecule is CC(C)CC1=N/C(=C\c2ccccc2)C(=O)N(O)C1=O. The van der Waals surface area contributed by atoms with Crippen molar-refractivity contribution in [1.82, 2.24) is 5.06 Å². The molecule has 0 radical (unpaired) electrons. The van der Waals surface area contributed by atoms with Gasteiger partial charge in [0.15, 0.2) is 0 Å². The van der Waals surface area contributed by atoms with Crippen molar-refractivity contribution in [3.8, 4) is 0 Å². The third-order valence-electron chi connectivity index (χ3n) is 2.81. The summed E-state index contributed by atoms with van der Waals surface area (Å²) in [5, 5.41) is 9.73. The van der Waals surface area contributed by atoms with Gasteiger partial charge in [0.05, 0.1) is 0 Å². The molecule has 1 heterocycles. The maximum atomic E-state index is 11.9. The number of benzene rings is 1. The van der Waals surface area contributed by atoms with Crippen molar-refractivity contribution in [2.75, 3.05) is 0 Å². The van der Waals surface area contributed by atoms with Gasteiger partial charge < -0.3 is 0 Å². The maximum Gasteiger partial charge on any atom is 0.303 e. The summed E-state index contributed by atoms with van der Waals surface area (Å²) in [6.45, 7) is 3.88. The molecule has 20 heavy (non-hydrogen) atoms. The molecule has 1 aliphatic rings. The first-order valence-corrected chi connectivity index (χ1v) is 6.41. The van der Waals surface area contributed by atoms with Gasteiger partial charge in [-0.2, -0.15) is 0 Å². The van der Waals surface area contributed by atoms with Crippen molar-refractivity contribution >= 4 is 23.6 Å². The van der Waals surface area contributed by atoms with Gasteiger partial charge >= 0.3 is 5.91 Å². The molecule has 0 aromatic heterocycles. The number of rotatable bonds is 3. The summed E-state index contributed by atoms with van der Waals surface area (Å²) < 4.78 is 0. The van der Waals surface area contributed by atoms with E-state index in [-0.39, 0.29) is 22.4 Å². The van der Waals surface area contributed by atoms with Crippen molar-refractivity contribution in [2.45, 2.75) is 20.3 Å². The Bertz CT molecular complexity index is 588. The van der Waals surface area contributed by atoms with Crippen molar-refractivity contribution in [1.29, 1.82) is 0 Å². The molecule has 2 amide bonds. The van der Waals surface area contributed by atoms with E-state index in [1.54, 1.807) is 6.08 Å². The molecule has 0 saturated heterocycles. The molecule has 0 fully saturated rings. The maximum absolute atomic E-state index is 11.9. The molecule has 2 rings (SSSR count). The zero-order chi connectivity index (χ0) is 14.7. The van der Waals surface area contributed by atoms with Gasteiger partial charge in [-0.05, 0) is 24.0 Å². The number of amides is 2. The molecule has 5 heteroatoms. The van der Waals surface area contributed by atoms with Gasteiger partial charge in [-0.25, -0.2) is 4.99 Å². The lowest BCUT2D eigenvalue weighted by atomic mass is 10.0. The second-order valence-corrected chi connectivity index (χ2v) is 5.02. The lowest BCUT2D eigenvalue weighted by molar-refractivity contribution is -0.171. The second kappa shape index (κ2) is 5.79. The van der Waals surface area contributed by atoms with E-state index in [2.05, 4.69) is 4.99 Å². The fourth-order valence-electron chi connectivity index (χ4n) is 1.88. The lowest BCUT2D eigenvalue weighted by Crippen LogP contribution is -2.43. The quantitative estimate of drug-likeness (QED) is 0.521. The van der Waals surface area contributed by atoms with E-state index in [0.717, 1.165) is 5.56 Å². The molecular weight excluding hydrogens is 256 g/mol. The Kier molecular flexibility index (Phi) is 4.10. The molecule has 0 atom stereocenters. The van der Waals surface area contributed by atoms with E-state index < -0.39 is 11.8 Å². The molecule has 5 nitrogen and oxygen atoms in total. The minimum Gasteiger partial charge on any atom is -0.278 e. The minimum absolute atomic E-state index is 0.0638. The number of hydroxylamine groups is 2. The summed E-state index contributed by atoms with van der Waals surface area (Å²) in [5.74, 6) is -1.34. The van der Waals surface area contributed by atoms with Gasteiger partial charge in [-0.1, -0.05) is 44.2 Å². The number of aliphatic imine (C=N–C) groups is 1. The lowest BCUT2D eigenvalue weighted by Gasteiger charge is -2.20. The predicted octanol–water partition coefficient (Wildman–Crippen LogP) is 2.27. The number of carbonyl (C=O) groups is 2. The van der Waals surface area contributed by atoms with Gasteiger partial charge in [-0.15, -0.1) is 5.06 Å². The van der Waals surface area contributed by atoms with Crippen LogP contribution in [-0.4, -0.2) is 27.8 Å². The Balaban J connectivity index is 2.40. The molecule has 1 N–H and O–H groups in total. The first-order valence-electron chi connectivity index (χ1n) is 6.41. The first-order chi connectivity index (χ1) is 9.49. The highest BCUT2D eigenvalue weighted by Gasteiger charge is 2.32. The number of imide groups is 1. The zero-order valence-electron chi connectivity index (χ0n) is 11.4. The number of nitrogens with zero attached hydrogens (tertiary/aromatic N) is 2. The van der Waals surface area contributed by atoms with E-state index in [9.17, 15) is 14.8 Å². The standard InChI is InChI=1S/C15H16N2O3/c1-10(2)8-12-14(18)17(20)15(19)13(16-12)9-11-6-4-3-5-7-11/h3-7,9-10,20H,8H2,1-2H3/b13-9-. The number of hydrogen-bond acceptors (Lipinski definition) is 4. The Morgan fingerprint density at radius 2 is 1.85 bits per heavy atom. The van der Waals surface area contributed by atoms with Gasteiger partial charge in [0.2, 0.25) is 0 Å². The van der Waals surface area contributed by atoms with Crippen molar-refractivity contribution < 1.29 is 14.8 Å². The van der Waals surface area contributed by atoms with Crippen molar-refractivity contribution in [3.05, 3.63) is 41.6 Å². The fourth-order valence-corrected chi connectivity index (χ4v) is 1.88. The first kappa shape index (κ1) is 14.1. The molecule has 104 valence electrons. The topological polar surface area (TPSA) is 70.0 Å². The second-order valence-electron chi connectivity index (χ2n) is 5.02. The molecule has 0 saturated carbocycles. The zero-order valence-corrected chi connectivity index (χ0v) is 11.4. The van der Waals surface area contributed by atoms with Crippen LogP contribution in [0.15, 0.2) is 41.0 Å². The highest BCUT2D eigenvalue weighted by Crippen LogP contribution is 2.18. The highest BCUT2D eigenvalue weighted by molar-refractivity contribution is 6.43. The summed E-state index contributed by atoms with van der Waals surface area (Å²) >= 11 is 0. The number of hydrogen-bond donors (Lipinski definition) is 1. The molecule has 0 unspecified atom stereocenters. The van der Waals surface area contributed by atoms with Crippen LogP contribution >= 0.6 is 0 Å². The van der Waals surface area contributed by atoms with Crippen LogP contribution in [0, 0.1) is 5.92 Å². The highest BCUT2D eigenvalue weighted by atomic mass is 16.5. The third kappa shape index (κ3) is 3.00. The molecule has 1 aromatic carbocycles.